The predicted molar refractivity (Wildman–Crippen MR) is 81.5 cm³/mol. The first-order chi connectivity index (χ1) is 9.60. The van der Waals surface area contributed by atoms with Gasteiger partial charge in [-0.2, -0.15) is 5.10 Å². The maximum Gasteiger partial charge on any atom is 0.0950 e. The lowest BCUT2D eigenvalue weighted by atomic mass is 10.1. The van der Waals surface area contributed by atoms with E-state index in [9.17, 15) is 0 Å². The van der Waals surface area contributed by atoms with Gasteiger partial charge in [-0.15, -0.1) is 0 Å². The highest BCUT2D eigenvalue weighted by Gasteiger charge is 2.16. The first-order valence-corrected chi connectivity index (χ1v) is 7.29. The molecule has 1 atom stereocenters. The van der Waals surface area contributed by atoms with Crippen molar-refractivity contribution < 1.29 is 0 Å². The standard InChI is InChI=1S/C15H21ClN4/c1-4-12(2)20(9-13-5-7-17-8-6-13)11-15-14(16)10-19(3)18-15/h5-8,10,12H,4,9,11H2,1-3H3/t12-/m1/s1. The van der Waals surface area contributed by atoms with Gasteiger partial charge >= 0.3 is 0 Å². The molecule has 0 aliphatic heterocycles. The molecule has 2 aromatic rings. The zero-order chi connectivity index (χ0) is 14.5. The number of nitrogens with zero attached hydrogens (tertiary/aromatic N) is 4. The highest BCUT2D eigenvalue weighted by Crippen LogP contribution is 2.19. The Kier molecular flexibility index (Phi) is 5.15. The molecule has 0 amide bonds. The van der Waals surface area contributed by atoms with E-state index in [-0.39, 0.29) is 0 Å². The van der Waals surface area contributed by atoms with Gasteiger partial charge in [0.05, 0.1) is 10.7 Å². The summed E-state index contributed by atoms with van der Waals surface area (Å²) in [5, 5.41) is 5.17. The van der Waals surface area contributed by atoms with E-state index in [4.69, 9.17) is 11.6 Å². The van der Waals surface area contributed by atoms with Crippen molar-refractivity contribution in [2.45, 2.75) is 39.4 Å². The summed E-state index contributed by atoms with van der Waals surface area (Å²) in [5.41, 5.74) is 2.19. The molecular weight excluding hydrogens is 272 g/mol. The summed E-state index contributed by atoms with van der Waals surface area (Å²) in [5.74, 6) is 0. The van der Waals surface area contributed by atoms with Crippen molar-refractivity contribution in [1.29, 1.82) is 0 Å². The zero-order valence-electron chi connectivity index (χ0n) is 12.3. The number of halogens is 1. The molecular formula is C15H21ClN4. The molecule has 20 heavy (non-hydrogen) atoms. The molecule has 108 valence electrons. The molecule has 0 radical (unpaired) electrons. The minimum Gasteiger partial charge on any atom is -0.290 e. The third kappa shape index (κ3) is 3.81. The van der Waals surface area contributed by atoms with E-state index < -0.39 is 0 Å². The fraction of sp³-hybridized carbons (Fsp3) is 0.467. The number of aromatic nitrogens is 3. The van der Waals surface area contributed by atoms with Gasteiger partial charge in [0.15, 0.2) is 0 Å². The predicted octanol–water partition coefficient (Wildman–Crippen LogP) is 3.27. The summed E-state index contributed by atoms with van der Waals surface area (Å²) in [6.07, 6.45) is 6.60. The van der Waals surface area contributed by atoms with Crippen LogP contribution in [0.1, 0.15) is 31.5 Å². The fourth-order valence-electron chi connectivity index (χ4n) is 2.15. The van der Waals surface area contributed by atoms with Gasteiger partial charge in [-0.05, 0) is 31.0 Å². The number of aryl methyl sites for hydroxylation is 1. The summed E-state index contributed by atoms with van der Waals surface area (Å²) in [4.78, 5) is 6.46. The van der Waals surface area contributed by atoms with Crippen LogP contribution in [0.25, 0.3) is 0 Å². The summed E-state index contributed by atoms with van der Waals surface area (Å²) < 4.78 is 1.76. The van der Waals surface area contributed by atoms with Crippen molar-refractivity contribution in [2.24, 2.45) is 7.05 Å². The Hall–Kier alpha value is -1.39. The molecule has 0 N–H and O–H groups in total. The smallest absolute Gasteiger partial charge is 0.0950 e. The van der Waals surface area contributed by atoms with Crippen LogP contribution in [0.4, 0.5) is 0 Å². The molecule has 0 aliphatic rings. The lowest BCUT2D eigenvalue weighted by molar-refractivity contribution is 0.183. The molecule has 4 nitrogen and oxygen atoms in total. The molecule has 0 bridgehead atoms. The van der Waals surface area contributed by atoms with E-state index >= 15 is 0 Å². The van der Waals surface area contributed by atoms with Gasteiger partial charge in [0, 0.05) is 44.8 Å². The van der Waals surface area contributed by atoms with Gasteiger partial charge in [0.25, 0.3) is 0 Å². The molecule has 0 unspecified atom stereocenters. The normalized spacial score (nSPS) is 12.8. The number of hydrogen-bond donors (Lipinski definition) is 0. The van der Waals surface area contributed by atoms with Gasteiger partial charge in [-0.25, -0.2) is 0 Å². The van der Waals surface area contributed by atoms with Gasteiger partial charge in [0.2, 0.25) is 0 Å². The second kappa shape index (κ2) is 6.86. The quantitative estimate of drug-likeness (QED) is 0.819. The highest BCUT2D eigenvalue weighted by atomic mass is 35.5. The highest BCUT2D eigenvalue weighted by molar-refractivity contribution is 6.31. The van der Waals surface area contributed by atoms with Crippen molar-refractivity contribution in [3.05, 3.63) is 47.0 Å². The van der Waals surface area contributed by atoms with E-state index in [1.807, 2.05) is 25.6 Å². The topological polar surface area (TPSA) is 34.0 Å². The monoisotopic (exact) mass is 292 g/mol. The van der Waals surface area contributed by atoms with E-state index in [0.29, 0.717) is 6.04 Å². The largest absolute Gasteiger partial charge is 0.290 e. The van der Waals surface area contributed by atoms with Crippen molar-refractivity contribution in [2.75, 3.05) is 0 Å². The van der Waals surface area contributed by atoms with Crippen LogP contribution in [0.3, 0.4) is 0 Å². The lowest BCUT2D eigenvalue weighted by Gasteiger charge is -2.27. The number of hydrogen-bond acceptors (Lipinski definition) is 3. The van der Waals surface area contributed by atoms with E-state index in [1.165, 1.54) is 5.56 Å². The molecule has 2 rings (SSSR count). The Morgan fingerprint density at radius 1 is 1.30 bits per heavy atom. The van der Waals surface area contributed by atoms with Crippen LogP contribution < -0.4 is 0 Å². The molecule has 0 aliphatic carbocycles. The zero-order valence-corrected chi connectivity index (χ0v) is 13.0. The molecule has 0 aromatic carbocycles. The van der Waals surface area contributed by atoms with Crippen LogP contribution >= 0.6 is 11.6 Å². The molecule has 0 spiro atoms. The summed E-state index contributed by atoms with van der Waals surface area (Å²) in [6.45, 7) is 6.07. The third-order valence-corrected chi connectivity index (χ3v) is 3.87. The fourth-order valence-corrected chi connectivity index (χ4v) is 2.39. The van der Waals surface area contributed by atoms with Crippen LogP contribution in [0.15, 0.2) is 30.7 Å². The Balaban J connectivity index is 2.14. The second-order valence-electron chi connectivity index (χ2n) is 5.12. The Morgan fingerprint density at radius 2 is 2.00 bits per heavy atom. The molecule has 0 saturated heterocycles. The Bertz CT molecular complexity index is 538. The third-order valence-electron chi connectivity index (χ3n) is 3.56. The molecule has 2 heterocycles. The maximum atomic E-state index is 6.22. The average molecular weight is 293 g/mol. The molecule has 2 aromatic heterocycles. The van der Waals surface area contributed by atoms with Crippen molar-refractivity contribution in [3.8, 4) is 0 Å². The minimum absolute atomic E-state index is 0.473. The average Bonchev–Trinajstić information content (AvgIpc) is 2.76. The van der Waals surface area contributed by atoms with Crippen LogP contribution in [-0.2, 0) is 20.1 Å². The van der Waals surface area contributed by atoms with Crippen LogP contribution in [0.2, 0.25) is 5.02 Å². The van der Waals surface area contributed by atoms with Crippen LogP contribution in [-0.4, -0.2) is 25.7 Å². The van der Waals surface area contributed by atoms with Gasteiger partial charge in [-0.1, -0.05) is 18.5 Å². The molecule has 5 heteroatoms. The minimum atomic E-state index is 0.473. The second-order valence-corrected chi connectivity index (χ2v) is 5.52. The van der Waals surface area contributed by atoms with Crippen molar-refractivity contribution in [3.63, 3.8) is 0 Å². The summed E-state index contributed by atoms with van der Waals surface area (Å²) in [7, 11) is 1.89. The number of pyridine rings is 1. The Labute approximate surface area is 125 Å². The van der Waals surface area contributed by atoms with E-state index in [0.717, 1.165) is 30.2 Å². The van der Waals surface area contributed by atoms with E-state index in [1.54, 1.807) is 4.68 Å². The van der Waals surface area contributed by atoms with Crippen molar-refractivity contribution in [1.82, 2.24) is 19.7 Å². The van der Waals surface area contributed by atoms with Crippen LogP contribution in [0.5, 0.6) is 0 Å². The first kappa shape index (κ1) is 15.0. The van der Waals surface area contributed by atoms with Gasteiger partial charge in [0.1, 0.15) is 0 Å². The summed E-state index contributed by atoms with van der Waals surface area (Å²) in [6, 6.07) is 4.58. The molecule has 0 fully saturated rings. The van der Waals surface area contributed by atoms with Crippen LogP contribution in [0, 0.1) is 0 Å². The lowest BCUT2D eigenvalue weighted by Crippen LogP contribution is -2.32. The SMILES string of the molecule is CC[C@@H](C)N(Cc1ccncc1)Cc1nn(C)cc1Cl. The Morgan fingerprint density at radius 3 is 2.55 bits per heavy atom. The van der Waals surface area contributed by atoms with Crippen molar-refractivity contribution >= 4 is 11.6 Å². The number of rotatable bonds is 6. The van der Waals surface area contributed by atoms with E-state index in [2.05, 4.69) is 41.0 Å². The summed E-state index contributed by atoms with van der Waals surface area (Å²) >= 11 is 6.22. The van der Waals surface area contributed by atoms with Gasteiger partial charge in [-0.3, -0.25) is 14.6 Å². The van der Waals surface area contributed by atoms with Gasteiger partial charge < -0.3 is 0 Å². The first-order valence-electron chi connectivity index (χ1n) is 6.91. The maximum absolute atomic E-state index is 6.22. The molecule has 0 saturated carbocycles.